The molecule has 5 heteroatoms. The van der Waals surface area contributed by atoms with Crippen molar-refractivity contribution < 1.29 is 9.90 Å². The van der Waals surface area contributed by atoms with Gasteiger partial charge in [-0.05, 0) is 31.7 Å². The van der Waals surface area contributed by atoms with Crippen molar-refractivity contribution in [2.45, 2.75) is 38.5 Å². The van der Waals surface area contributed by atoms with E-state index in [-0.39, 0.29) is 6.42 Å². The van der Waals surface area contributed by atoms with Crippen molar-refractivity contribution in [3.63, 3.8) is 0 Å². The monoisotopic (exact) mass is 245 g/mol. The highest BCUT2D eigenvalue weighted by atomic mass is 16.4. The molecule has 18 heavy (non-hydrogen) atoms. The molecule has 1 saturated carbocycles. The highest BCUT2D eigenvalue weighted by Crippen LogP contribution is 2.42. The molecule has 0 radical (unpaired) electrons. The van der Waals surface area contributed by atoms with Gasteiger partial charge in [0.05, 0.1) is 5.69 Å². The van der Waals surface area contributed by atoms with Crippen LogP contribution >= 0.6 is 0 Å². The van der Waals surface area contributed by atoms with Gasteiger partial charge in [-0.15, -0.1) is 0 Å². The fraction of sp³-hybridized carbons (Fsp3) is 0.462. The number of aliphatic carboxylic acids is 1. The molecule has 0 spiro atoms. The van der Waals surface area contributed by atoms with E-state index in [1.807, 2.05) is 13.1 Å². The van der Waals surface area contributed by atoms with Crippen LogP contribution in [-0.4, -0.2) is 26.0 Å². The van der Waals surface area contributed by atoms with E-state index in [9.17, 15) is 4.79 Å². The van der Waals surface area contributed by atoms with E-state index in [0.29, 0.717) is 12.3 Å². The van der Waals surface area contributed by atoms with Gasteiger partial charge in [0, 0.05) is 23.9 Å². The number of hydrogen-bond acceptors (Lipinski definition) is 3. The topological polar surface area (TPSA) is 78.9 Å². The standard InChI is InChI=1S/C13H15N3O2/c1-7-15-12(8-2-3-8)11-9(4-5-10(17)18)6-14-13(11)16-7/h6,8H,2-5H2,1H3,(H,17,18)(H,14,15,16). The van der Waals surface area contributed by atoms with Crippen LogP contribution in [0.4, 0.5) is 0 Å². The van der Waals surface area contributed by atoms with Crippen molar-refractivity contribution in [2.75, 3.05) is 0 Å². The first-order valence-electron chi connectivity index (χ1n) is 6.21. The number of carboxylic acids is 1. The van der Waals surface area contributed by atoms with Gasteiger partial charge in [-0.3, -0.25) is 4.79 Å². The predicted molar refractivity (Wildman–Crippen MR) is 66.6 cm³/mol. The zero-order chi connectivity index (χ0) is 12.7. The van der Waals surface area contributed by atoms with Crippen LogP contribution in [0.1, 0.15) is 42.3 Å². The number of hydrogen-bond donors (Lipinski definition) is 2. The van der Waals surface area contributed by atoms with Gasteiger partial charge in [-0.2, -0.15) is 0 Å². The second-order valence-electron chi connectivity index (χ2n) is 4.86. The van der Waals surface area contributed by atoms with E-state index in [4.69, 9.17) is 5.11 Å². The van der Waals surface area contributed by atoms with Gasteiger partial charge in [0.1, 0.15) is 11.5 Å². The number of carboxylic acid groups (broad SMARTS) is 1. The number of carbonyl (C=O) groups is 1. The molecule has 0 aromatic carbocycles. The number of nitrogens with zero attached hydrogens (tertiary/aromatic N) is 2. The molecule has 0 saturated heterocycles. The van der Waals surface area contributed by atoms with Gasteiger partial charge in [0.2, 0.25) is 0 Å². The fourth-order valence-corrected chi connectivity index (χ4v) is 2.33. The number of H-pyrrole nitrogens is 1. The molecular formula is C13H15N3O2. The van der Waals surface area contributed by atoms with Crippen molar-refractivity contribution in [3.05, 3.63) is 23.3 Å². The summed E-state index contributed by atoms with van der Waals surface area (Å²) in [6.07, 6.45) is 4.89. The van der Waals surface area contributed by atoms with Gasteiger partial charge in [-0.25, -0.2) is 9.97 Å². The molecule has 3 rings (SSSR count). The zero-order valence-electron chi connectivity index (χ0n) is 10.2. The minimum absolute atomic E-state index is 0.144. The maximum atomic E-state index is 10.7. The van der Waals surface area contributed by atoms with Crippen LogP contribution in [0.2, 0.25) is 0 Å². The first-order valence-corrected chi connectivity index (χ1v) is 6.21. The second-order valence-corrected chi connectivity index (χ2v) is 4.86. The molecule has 0 unspecified atom stereocenters. The lowest BCUT2D eigenvalue weighted by Gasteiger charge is -2.04. The first kappa shape index (κ1) is 11.2. The van der Waals surface area contributed by atoms with Crippen LogP contribution in [-0.2, 0) is 11.2 Å². The molecule has 0 aliphatic heterocycles. The third kappa shape index (κ3) is 1.96. The third-order valence-electron chi connectivity index (χ3n) is 3.33. The minimum Gasteiger partial charge on any atom is -0.481 e. The SMILES string of the molecule is Cc1nc(C2CC2)c2c(CCC(=O)O)c[nH]c2n1. The van der Waals surface area contributed by atoms with Crippen molar-refractivity contribution in [2.24, 2.45) is 0 Å². The molecule has 2 aromatic rings. The molecule has 0 bridgehead atoms. The average Bonchev–Trinajstić information content (AvgIpc) is 3.07. The van der Waals surface area contributed by atoms with Crippen molar-refractivity contribution in [1.82, 2.24) is 15.0 Å². The molecule has 94 valence electrons. The summed E-state index contributed by atoms with van der Waals surface area (Å²) >= 11 is 0. The Labute approximate surface area is 104 Å². The lowest BCUT2D eigenvalue weighted by molar-refractivity contribution is -0.136. The van der Waals surface area contributed by atoms with Gasteiger partial charge in [-0.1, -0.05) is 0 Å². The summed E-state index contributed by atoms with van der Waals surface area (Å²) in [7, 11) is 0. The first-order chi connectivity index (χ1) is 8.65. The Balaban J connectivity index is 2.07. The molecule has 0 atom stereocenters. The number of aromatic nitrogens is 3. The normalized spacial score (nSPS) is 15.2. The zero-order valence-corrected chi connectivity index (χ0v) is 10.2. The van der Waals surface area contributed by atoms with E-state index >= 15 is 0 Å². The van der Waals surface area contributed by atoms with E-state index in [2.05, 4.69) is 15.0 Å². The number of rotatable bonds is 4. The summed E-state index contributed by atoms with van der Waals surface area (Å²) in [6.45, 7) is 1.89. The number of fused-ring (bicyclic) bond motifs is 1. The Morgan fingerprint density at radius 1 is 1.50 bits per heavy atom. The van der Waals surface area contributed by atoms with Crippen LogP contribution in [0.5, 0.6) is 0 Å². The van der Waals surface area contributed by atoms with Crippen molar-refractivity contribution in [3.8, 4) is 0 Å². The van der Waals surface area contributed by atoms with Crippen LogP contribution < -0.4 is 0 Å². The van der Waals surface area contributed by atoms with Crippen LogP contribution in [0, 0.1) is 6.92 Å². The smallest absolute Gasteiger partial charge is 0.303 e. The Hall–Kier alpha value is -1.91. The maximum absolute atomic E-state index is 10.7. The van der Waals surface area contributed by atoms with Crippen LogP contribution in [0.15, 0.2) is 6.20 Å². The molecule has 1 aliphatic rings. The Morgan fingerprint density at radius 3 is 2.94 bits per heavy atom. The van der Waals surface area contributed by atoms with Gasteiger partial charge in [0.15, 0.2) is 0 Å². The van der Waals surface area contributed by atoms with Crippen LogP contribution in [0.3, 0.4) is 0 Å². The van der Waals surface area contributed by atoms with Gasteiger partial charge < -0.3 is 10.1 Å². The van der Waals surface area contributed by atoms with Gasteiger partial charge >= 0.3 is 5.97 Å². The molecule has 1 aliphatic carbocycles. The largest absolute Gasteiger partial charge is 0.481 e. The molecule has 2 N–H and O–H groups in total. The highest BCUT2D eigenvalue weighted by Gasteiger charge is 2.29. The molecule has 5 nitrogen and oxygen atoms in total. The lowest BCUT2D eigenvalue weighted by atomic mass is 10.1. The quantitative estimate of drug-likeness (QED) is 0.865. The average molecular weight is 245 g/mol. The summed E-state index contributed by atoms with van der Waals surface area (Å²) in [5.41, 5.74) is 2.96. The summed E-state index contributed by atoms with van der Waals surface area (Å²) in [5, 5.41) is 9.82. The van der Waals surface area contributed by atoms with Crippen molar-refractivity contribution in [1.29, 1.82) is 0 Å². The maximum Gasteiger partial charge on any atom is 0.303 e. The molecular weight excluding hydrogens is 230 g/mol. The fourth-order valence-electron chi connectivity index (χ4n) is 2.33. The van der Waals surface area contributed by atoms with E-state index in [1.54, 1.807) is 0 Å². The van der Waals surface area contributed by atoms with E-state index in [0.717, 1.165) is 28.1 Å². The minimum atomic E-state index is -0.773. The number of aromatic amines is 1. The molecule has 2 aromatic heterocycles. The summed E-state index contributed by atoms with van der Waals surface area (Å²) in [4.78, 5) is 22.7. The van der Waals surface area contributed by atoms with E-state index < -0.39 is 5.97 Å². The third-order valence-corrected chi connectivity index (χ3v) is 3.33. The highest BCUT2D eigenvalue weighted by molar-refractivity contribution is 5.83. The Morgan fingerprint density at radius 2 is 2.28 bits per heavy atom. The van der Waals surface area contributed by atoms with Gasteiger partial charge in [0.25, 0.3) is 0 Å². The Bertz CT molecular complexity index is 614. The van der Waals surface area contributed by atoms with Crippen molar-refractivity contribution >= 4 is 17.0 Å². The van der Waals surface area contributed by atoms with Crippen LogP contribution in [0.25, 0.3) is 11.0 Å². The second kappa shape index (κ2) is 4.08. The summed E-state index contributed by atoms with van der Waals surface area (Å²) < 4.78 is 0. The molecule has 2 heterocycles. The molecule has 1 fully saturated rings. The number of nitrogens with one attached hydrogen (secondary N) is 1. The number of aryl methyl sites for hydroxylation is 2. The lowest BCUT2D eigenvalue weighted by Crippen LogP contribution is -1.99. The summed E-state index contributed by atoms with van der Waals surface area (Å²) in [5.74, 6) is 0.537. The predicted octanol–water partition coefficient (Wildman–Crippen LogP) is 2.16. The Kier molecular flexibility index (Phi) is 2.54. The molecule has 0 amide bonds. The summed E-state index contributed by atoms with van der Waals surface area (Å²) in [6, 6.07) is 0. The van der Waals surface area contributed by atoms with E-state index in [1.165, 1.54) is 12.8 Å².